The molecule has 1 atom stereocenters. The summed E-state index contributed by atoms with van der Waals surface area (Å²) in [6.45, 7) is 11.6. The molecule has 2 saturated heterocycles. The van der Waals surface area contributed by atoms with Gasteiger partial charge in [-0.05, 0) is 105 Å². The number of piperidine rings is 1. The number of hydrogen-bond acceptors (Lipinski definition) is 7. The SMILES string of the molecule is COC(=O)Cc1ccccc1OCc1cc(-c2cccc(C(C)NC(=O)OC(C)(C)C)c2)cc(N2CCC3(CCOC3)CC2)c1. The minimum absolute atomic E-state index is 0.152. The molecule has 240 valence electrons. The van der Waals surface area contributed by atoms with Crippen molar-refractivity contribution in [2.75, 3.05) is 38.3 Å². The Bertz CT molecular complexity index is 1480. The van der Waals surface area contributed by atoms with Crippen molar-refractivity contribution in [1.29, 1.82) is 0 Å². The fraction of sp³-hybridized carbons (Fsp3) is 0.459. The van der Waals surface area contributed by atoms with Crippen LogP contribution in [0.4, 0.5) is 10.5 Å². The van der Waals surface area contributed by atoms with Crippen LogP contribution < -0.4 is 15.0 Å². The predicted octanol–water partition coefficient (Wildman–Crippen LogP) is 7.24. The van der Waals surface area contributed by atoms with E-state index >= 15 is 0 Å². The Morgan fingerprint density at radius 2 is 1.76 bits per heavy atom. The van der Waals surface area contributed by atoms with Gasteiger partial charge in [-0.1, -0.05) is 36.4 Å². The van der Waals surface area contributed by atoms with E-state index in [4.69, 9.17) is 18.9 Å². The second kappa shape index (κ2) is 13.9. The third-order valence-electron chi connectivity index (χ3n) is 8.73. The van der Waals surface area contributed by atoms with E-state index in [9.17, 15) is 9.59 Å². The first-order valence-electron chi connectivity index (χ1n) is 15.9. The summed E-state index contributed by atoms with van der Waals surface area (Å²) in [5.74, 6) is 0.362. The molecule has 5 rings (SSSR count). The van der Waals surface area contributed by atoms with Crippen molar-refractivity contribution in [3.63, 3.8) is 0 Å². The number of benzene rings is 3. The topological polar surface area (TPSA) is 86.3 Å². The molecule has 2 aliphatic rings. The van der Waals surface area contributed by atoms with E-state index < -0.39 is 11.7 Å². The number of nitrogens with zero attached hydrogens (tertiary/aromatic N) is 1. The summed E-state index contributed by atoms with van der Waals surface area (Å²) >= 11 is 0. The highest BCUT2D eigenvalue weighted by atomic mass is 16.6. The van der Waals surface area contributed by atoms with Crippen molar-refractivity contribution in [3.05, 3.63) is 83.4 Å². The highest BCUT2D eigenvalue weighted by Gasteiger charge is 2.38. The second-order valence-electron chi connectivity index (χ2n) is 13.3. The molecule has 3 aromatic rings. The summed E-state index contributed by atoms with van der Waals surface area (Å²) in [6.07, 6.45) is 3.10. The lowest BCUT2D eigenvalue weighted by Crippen LogP contribution is -2.40. The molecular formula is C37H46N2O6. The van der Waals surface area contributed by atoms with E-state index in [0.717, 1.165) is 79.1 Å². The number of rotatable bonds is 9. The second-order valence-corrected chi connectivity index (χ2v) is 13.3. The number of carbonyl (C=O) groups excluding carboxylic acids is 2. The van der Waals surface area contributed by atoms with E-state index in [1.807, 2.05) is 64.1 Å². The maximum absolute atomic E-state index is 12.5. The maximum atomic E-state index is 12.5. The molecule has 45 heavy (non-hydrogen) atoms. The van der Waals surface area contributed by atoms with E-state index in [-0.39, 0.29) is 18.4 Å². The lowest BCUT2D eigenvalue weighted by Gasteiger charge is -2.39. The Labute approximate surface area is 267 Å². The summed E-state index contributed by atoms with van der Waals surface area (Å²) in [4.78, 5) is 26.9. The van der Waals surface area contributed by atoms with Gasteiger partial charge in [-0.2, -0.15) is 0 Å². The highest BCUT2D eigenvalue weighted by Crippen LogP contribution is 2.41. The molecule has 0 aliphatic carbocycles. The van der Waals surface area contributed by atoms with Gasteiger partial charge in [-0.3, -0.25) is 4.79 Å². The van der Waals surface area contributed by atoms with Gasteiger partial charge < -0.3 is 29.2 Å². The minimum atomic E-state index is -0.566. The van der Waals surface area contributed by atoms with Crippen LogP contribution in [0.3, 0.4) is 0 Å². The number of anilines is 1. The fourth-order valence-corrected chi connectivity index (χ4v) is 6.12. The minimum Gasteiger partial charge on any atom is -0.489 e. The monoisotopic (exact) mass is 614 g/mol. The number of methoxy groups -OCH3 is 1. The largest absolute Gasteiger partial charge is 0.489 e. The average Bonchev–Trinajstić information content (AvgIpc) is 3.47. The molecule has 1 N–H and O–H groups in total. The zero-order valence-electron chi connectivity index (χ0n) is 27.2. The average molecular weight is 615 g/mol. The van der Waals surface area contributed by atoms with Crippen LogP contribution in [-0.2, 0) is 32.0 Å². The number of amides is 1. The van der Waals surface area contributed by atoms with Crippen molar-refractivity contribution >= 4 is 17.7 Å². The molecule has 1 spiro atoms. The Morgan fingerprint density at radius 3 is 2.47 bits per heavy atom. The van der Waals surface area contributed by atoms with Crippen LogP contribution in [-0.4, -0.2) is 51.1 Å². The first-order valence-corrected chi connectivity index (χ1v) is 15.9. The van der Waals surface area contributed by atoms with Gasteiger partial charge >= 0.3 is 12.1 Å². The Hall–Kier alpha value is -4.04. The molecular weight excluding hydrogens is 568 g/mol. The number of esters is 1. The molecule has 1 amide bonds. The number of alkyl carbamates (subject to hydrolysis) is 1. The van der Waals surface area contributed by atoms with Gasteiger partial charge in [-0.25, -0.2) is 4.79 Å². The summed E-state index contributed by atoms with van der Waals surface area (Å²) in [5, 5.41) is 2.96. The van der Waals surface area contributed by atoms with E-state index in [0.29, 0.717) is 17.8 Å². The molecule has 1 unspecified atom stereocenters. The molecule has 2 aliphatic heterocycles. The van der Waals surface area contributed by atoms with Crippen LogP contribution in [0.1, 0.15) is 69.7 Å². The van der Waals surface area contributed by atoms with Gasteiger partial charge in [0.2, 0.25) is 0 Å². The van der Waals surface area contributed by atoms with Gasteiger partial charge in [0.1, 0.15) is 18.0 Å². The molecule has 8 heteroatoms. The molecule has 2 heterocycles. The summed E-state index contributed by atoms with van der Waals surface area (Å²) in [7, 11) is 1.39. The van der Waals surface area contributed by atoms with Crippen LogP contribution in [0.2, 0.25) is 0 Å². The highest BCUT2D eigenvalue weighted by molar-refractivity contribution is 5.74. The normalized spacial score (nSPS) is 16.7. The number of para-hydroxylation sites is 1. The molecule has 3 aromatic carbocycles. The molecule has 0 radical (unpaired) electrons. The van der Waals surface area contributed by atoms with Gasteiger partial charge in [0.05, 0.1) is 26.2 Å². The van der Waals surface area contributed by atoms with E-state index in [1.54, 1.807) is 0 Å². The number of hydrogen-bond donors (Lipinski definition) is 1. The van der Waals surface area contributed by atoms with E-state index in [1.165, 1.54) is 7.11 Å². The van der Waals surface area contributed by atoms with Crippen LogP contribution >= 0.6 is 0 Å². The Morgan fingerprint density at radius 1 is 0.978 bits per heavy atom. The van der Waals surface area contributed by atoms with Gasteiger partial charge in [0.25, 0.3) is 0 Å². The van der Waals surface area contributed by atoms with Crippen molar-refractivity contribution in [3.8, 4) is 16.9 Å². The lowest BCUT2D eigenvalue weighted by atomic mass is 9.78. The van der Waals surface area contributed by atoms with Crippen LogP contribution in [0.5, 0.6) is 5.75 Å². The molecule has 0 saturated carbocycles. The quantitative estimate of drug-likeness (QED) is 0.254. The van der Waals surface area contributed by atoms with Crippen molar-refractivity contribution in [2.45, 2.75) is 71.6 Å². The van der Waals surface area contributed by atoms with Crippen molar-refractivity contribution < 1.29 is 28.5 Å². The van der Waals surface area contributed by atoms with Gasteiger partial charge in [0.15, 0.2) is 0 Å². The van der Waals surface area contributed by atoms with Gasteiger partial charge in [0, 0.05) is 30.9 Å². The Balaban J connectivity index is 1.41. The summed E-state index contributed by atoms with van der Waals surface area (Å²) < 4.78 is 22.4. The predicted molar refractivity (Wildman–Crippen MR) is 175 cm³/mol. The van der Waals surface area contributed by atoms with Crippen molar-refractivity contribution in [1.82, 2.24) is 5.32 Å². The number of ether oxygens (including phenoxy) is 4. The first kappa shape index (κ1) is 32.4. The van der Waals surface area contributed by atoms with Crippen LogP contribution in [0, 0.1) is 5.41 Å². The van der Waals surface area contributed by atoms with Crippen LogP contribution in [0.15, 0.2) is 66.7 Å². The summed E-state index contributed by atoms with van der Waals surface area (Å²) in [6, 6.07) is 22.2. The maximum Gasteiger partial charge on any atom is 0.408 e. The molecule has 8 nitrogen and oxygen atoms in total. The Kier molecular flexibility index (Phi) is 10.0. The lowest BCUT2D eigenvalue weighted by molar-refractivity contribution is -0.139. The van der Waals surface area contributed by atoms with Gasteiger partial charge in [-0.15, -0.1) is 0 Å². The molecule has 2 fully saturated rings. The standard InChI is InChI=1S/C37H46N2O6/c1-26(38-35(41)45-36(2,3)4)28-10-8-11-29(21-28)31-19-27(24-44-33-12-7-6-9-30(33)23-34(40)42-5)20-32(22-31)39-16-13-37(14-17-39)15-18-43-25-37/h6-12,19-22,26H,13-18,23-25H2,1-5H3,(H,38,41). The third kappa shape index (κ3) is 8.57. The zero-order valence-corrected chi connectivity index (χ0v) is 27.2. The number of nitrogens with one attached hydrogen (secondary N) is 1. The fourth-order valence-electron chi connectivity index (χ4n) is 6.12. The smallest absolute Gasteiger partial charge is 0.408 e. The van der Waals surface area contributed by atoms with E-state index in [2.05, 4.69) is 40.5 Å². The zero-order chi connectivity index (χ0) is 32.0. The molecule has 0 aromatic heterocycles. The third-order valence-corrected chi connectivity index (χ3v) is 8.73. The number of carbonyl (C=O) groups is 2. The van der Waals surface area contributed by atoms with Crippen molar-refractivity contribution in [2.24, 2.45) is 5.41 Å². The first-order chi connectivity index (χ1) is 21.5. The van der Waals surface area contributed by atoms with Crippen LogP contribution in [0.25, 0.3) is 11.1 Å². The summed E-state index contributed by atoms with van der Waals surface area (Å²) in [5.41, 5.74) is 5.85. The molecule has 0 bridgehead atoms.